The van der Waals surface area contributed by atoms with Crippen LogP contribution in [0.2, 0.25) is 10.0 Å². The van der Waals surface area contributed by atoms with Crippen LogP contribution in [0, 0.1) is 0 Å². The first-order valence-corrected chi connectivity index (χ1v) is 9.35. The van der Waals surface area contributed by atoms with Crippen molar-refractivity contribution >= 4 is 57.2 Å². The SMILES string of the molecule is CC(C)OC(=O)c1c(N)n(-c2cc(Cl)cc(Cl)c2)c2nc3ccccc3nc12. The molecule has 0 radical (unpaired) electrons. The van der Waals surface area contributed by atoms with Crippen molar-refractivity contribution in [3.05, 3.63) is 58.1 Å². The number of nitrogen functional groups attached to an aromatic ring is 1. The number of anilines is 1. The molecule has 0 aliphatic carbocycles. The smallest absolute Gasteiger partial charge is 0.344 e. The number of carbonyl (C=O) groups is 1. The predicted molar refractivity (Wildman–Crippen MR) is 111 cm³/mol. The number of hydrogen-bond donors (Lipinski definition) is 1. The molecule has 142 valence electrons. The van der Waals surface area contributed by atoms with E-state index in [2.05, 4.69) is 9.97 Å². The molecule has 0 aliphatic heterocycles. The van der Waals surface area contributed by atoms with Gasteiger partial charge in [0, 0.05) is 10.0 Å². The highest BCUT2D eigenvalue weighted by molar-refractivity contribution is 6.35. The zero-order valence-electron chi connectivity index (χ0n) is 15.1. The Morgan fingerprint density at radius 3 is 2.29 bits per heavy atom. The van der Waals surface area contributed by atoms with Crippen LogP contribution in [0.1, 0.15) is 24.2 Å². The number of nitrogens with two attached hydrogens (primary N) is 1. The Labute approximate surface area is 170 Å². The van der Waals surface area contributed by atoms with Gasteiger partial charge in [0.05, 0.1) is 22.8 Å². The van der Waals surface area contributed by atoms with Gasteiger partial charge < -0.3 is 10.5 Å². The lowest BCUT2D eigenvalue weighted by Gasteiger charge is -2.10. The van der Waals surface area contributed by atoms with Crippen molar-refractivity contribution in [1.29, 1.82) is 0 Å². The number of nitrogens with zero attached hydrogens (tertiary/aromatic N) is 3. The summed E-state index contributed by atoms with van der Waals surface area (Å²) >= 11 is 12.3. The molecule has 0 saturated carbocycles. The number of esters is 1. The monoisotopic (exact) mass is 414 g/mol. The lowest BCUT2D eigenvalue weighted by molar-refractivity contribution is 0.0381. The molecule has 2 N–H and O–H groups in total. The van der Waals surface area contributed by atoms with Gasteiger partial charge in [-0.3, -0.25) is 4.57 Å². The topological polar surface area (TPSA) is 83.0 Å². The first-order valence-electron chi connectivity index (χ1n) is 8.59. The van der Waals surface area contributed by atoms with Crippen molar-refractivity contribution < 1.29 is 9.53 Å². The number of fused-ring (bicyclic) bond motifs is 2. The molecule has 0 unspecified atom stereocenters. The largest absolute Gasteiger partial charge is 0.459 e. The number of para-hydroxylation sites is 2. The summed E-state index contributed by atoms with van der Waals surface area (Å²) in [5.74, 6) is -0.400. The maximum atomic E-state index is 12.8. The molecule has 0 atom stereocenters. The molecular weight excluding hydrogens is 399 g/mol. The minimum atomic E-state index is -0.561. The van der Waals surface area contributed by atoms with E-state index in [1.54, 1.807) is 36.6 Å². The van der Waals surface area contributed by atoms with E-state index in [1.807, 2.05) is 24.3 Å². The van der Waals surface area contributed by atoms with Crippen molar-refractivity contribution in [2.24, 2.45) is 0 Å². The summed E-state index contributed by atoms with van der Waals surface area (Å²) in [7, 11) is 0. The summed E-state index contributed by atoms with van der Waals surface area (Å²) in [6, 6.07) is 12.4. The highest BCUT2D eigenvalue weighted by Gasteiger charge is 2.26. The Morgan fingerprint density at radius 1 is 1.07 bits per heavy atom. The van der Waals surface area contributed by atoms with Gasteiger partial charge in [0.15, 0.2) is 5.65 Å². The molecule has 0 fully saturated rings. The van der Waals surface area contributed by atoms with Gasteiger partial charge >= 0.3 is 5.97 Å². The minimum Gasteiger partial charge on any atom is -0.459 e. The Balaban J connectivity index is 2.09. The van der Waals surface area contributed by atoms with Crippen LogP contribution >= 0.6 is 23.2 Å². The molecule has 0 bridgehead atoms. The molecule has 0 amide bonds. The molecule has 2 aromatic carbocycles. The maximum absolute atomic E-state index is 12.8. The molecule has 0 spiro atoms. The lowest BCUT2D eigenvalue weighted by atomic mass is 10.2. The second-order valence-corrected chi connectivity index (χ2v) is 7.43. The highest BCUT2D eigenvalue weighted by Crippen LogP contribution is 2.33. The first kappa shape index (κ1) is 18.5. The number of aromatic nitrogens is 3. The molecule has 4 rings (SSSR count). The fourth-order valence-electron chi connectivity index (χ4n) is 3.07. The fraction of sp³-hybridized carbons (Fsp3) is 0.150. The predicted octanol–water partition coefficient (Wildman–Crippen LogP) is 5.03. The van der Waals surface area contributed by atoms with Gasteiger partial charge in [-0.25, -0.2) is 14.8 Å². The average molecular weight is 415 g/mol. The quantitative estimate of drug-likeness (QED) is 0.475. The van der Waals surface area contributed by atoms with E-state index in [-0.39, 0.29) is 17.5 Å². The molecule has 0 saturated heterocycles. The molecule has 28 heavy (non-hydrogen) atoms. The maximum Gasteiger partial charge on any atom is 0.344 e. The summed E-state index contributed by atoms with van der Waals surface area (Å²) in [5.41, 5.74) is 9.23. The van der Waals surface area contributed by atoms with Gasteiger partial charge in [-0.05, 0) is 44.2 Å². The second kappa shape index (κ2) is 6.96. The van der Waals surface area contributed by atoms with Crippen molar-refractivity contribution in [2.45, 2.75) is 20.0 Å². The fourth-order valence-corrected chi connectivity index (χ4v) is 3.58. The van der Waals surface area contributed by atoms with Gasteiger partial charge in [-0.15, -0.1) is 0 Å². The number of rotatable bonds is 3. The summed E-state index contributed by atoms with van der Waals surface area (Å²) in [4.78, 5) is 22.1. The van der Waals surface area contributed by atoms with Crippen LogP contribution in [0.25, 0.3) is 27.9 Å². The third-order valence-electron chi connectivity index (χ3n) is 4.15. The number of ether oxygens (including phenoxy) is 1. The highest BCUT2D eigenvalue weighted by atomic mass is 35.5. The zero-order chi connectivity index (χ0) is 20.0. The van der Waals surface area contributed by atoms with E-state index in [0.717, 1.165) is 0 Å². The summed E-state index contributed by atoms with van der Waals surface area (Å²) < 4.78 is 7.00. The average Bonchev–Trinajstić information content (AvgIpc) is 2.89. The van der Waals surface area contributed by atoms with Crippen LogP contribution in [0.15, 0.2) is 42.5 Å². The van der Waals surface area contributed by atoms with Crippen LogP contribution in [0.5, 0.6) is 0 Å². The molecule has 2 heterocycles. The lowest BCUT2D eigenvalue weighted by Crippen LogP contribution is -2.13. The molecule has 6 nitrogen and oxygen atoms in total. The van der Waals surface area contributed by atoms with Crippen LogP contribution < -0.4 is 5.73 Å². The second-order valence-electron chi connectivity index (χ2n) is 6.56. The number of benzene rings is 2. The minimum absolute atomic E-state index is 0.161. The molecule has 0 aliphatic rings. The van der Waals surface area contributed by atoms with Crippen molar-refractivity contribution in [1.82, 2.24) is 14.5 Å². The Bertz CT molecular complexity index is 1210. The van der Waals surface area contributed by atoms with E-state index < -0.39 is 5.97 Å². The standard InChI is InChI=1S/C20H16Cl2N4O2/c1-10(2)28-20(27)16-17-19(25-15-6-4-3-5-14(15)24-17)26(18(16)23)13-8-11(21)7-12(22)9-13/h3-10H,23H2,1-2H3. The van der Waals surface area contributed by atoms with Gasteiger partial charge in [0.2, 0.25) is 0 Å². The van der Waals surface area contributed by atoms with E-state index >= 15 is 0 Å². The number of carbonyl (C=O) groups excluding carboxylic acids is 1. The number of hydrogen-bond acceptors (Lipinski definition) is 5. The Kier molecular flexibility index (Phi) is 4.61. The van der Waals surface area contributed by atoms with E-state index in [0.29, 0.717) is 37.9 Å². The van der Waals surface area contributed by atoms with Crippen LogP contribution in [-0.4, -0.2) is 26.6 Å². The Morgan fingerprint density at radius 2 is 1.68 bits per heavy atom. The van der Waals surface area contributed by atoms with Crippen LogP contribution in [0.4, 0.5) is 5.82 Å². The third-order valence-corrected chi connectivity index (χ3v) is 4.59. The van der Waals surface area contributed by atoms with Crippen molar-refractivity contribution in [3.8, 4) is 5.69 Å². The van der Waals surface area contributed by atoms with Gasteiger partial charge in [0.25, 0.3) is 0 Å². The van der Waals surface area contributed by atoms with Crippen LogP contribution in [0.3, 0.4) is 0 Å². The number of halogens is 2. The van der Waals surface area contributed by atoms with Crippen molar-refractivity contribution in [2.75, 3.05) is 5.73 Å². The van der Waals surface area contributed by atoms with Gasteiger partial charge in [-0.1, -0.05) is 35.3 Å². The first-order chi connectivity index (χ1) is 13.3. The van der Waals surface area contributed by atoms with Crippen LogP contribution in [-0.2, 0) is 4.74 Å². The normalized spacial score (nSPS) is 11.5. The summed E-state index contributed by atoms with van der Waals surface area (Å²) in [5, 5.41) is 0.868. The van der Waals surface area contributed by atoms with Gasteiger partial charge in [-0.2, -0.15) is 0 Å². The van der Waals surface area contributed by atoms with Crippen molar-refractivity contribution in [3.63, 3.8) is 0 Å². The summed E-state index contributed by atoms with van der Waals surface area (Å²) in [6.07, 6.45) is -0.306. The van der Waals surface area contributed by atoms with E-state index in [9.17, 15) is 4.79 Å². The molecular formula is C20H16Cl2N4O2. The Hall–Kier alpha value is -2.83. The van der Waals surface area contributed by atoms with E-state index in [4.69, 9.17) is 33.7 Å². The third kappa shape index (κ3) is 3.15. The molecule has 8 heteroatoms. The zero-order valence-corrected chi connectivity index (χ0v) is 16.6. The van der Waals surface area contributed by atoms with E-state index in [1.165, 1.54) is 0 Å². The molecule has 4 aromatic rings. The van der Waals surface area contributed by atoms with Gasteiger partial charge in [0.1, 0.15) is 16.9 Å². The molecule has 2 aromatic heterocycles. The summed E-state index contributed by atoms with van der Waals surface area (Å²) in [6.45, 7) is 3.54.